The number of nitrogens with one attached hydrogen (secondary N) is 1. The lowest BCUT2D eigenvalue weighted by Gasteiger charge is -2.23. The minimum atomic E-state index is -0.0415. The zero-order valence-electron chi connectivity index (χ0n) is 11.4. The van der Waals surface area contributed by atoms with Crippen molar-refractivity contribution >= 4 is 23.5 Å². The second kappa shape index (κ2) is 6.75. The molecule has 5 nitrogen and oxygen atoms in total. The lowest BCUT2D eigenvalue weighted by Crippen LogP contribution is -2.37. The zero-order valence-corrected chi connectivity index (χ0v) is 12.2. The van der Waals surface area contributed by atoms with Gasteiger partial charge in [-0.3, -0.25) is 9.78 Å². The molecule has 2 rings (SSSR count). The minimum absolute atomic E-state index is 0.0415. The van der Waals surface area contributed by atoms with Crippen molar-refractivity contribution in [2.45, 2.75) is 25.8 Å². The SMILES string of the molecule is CCCNc1cncc(C(=O)N(C)C2CCSC2)n1. The molecule has 0 aliphatic carbocycles. The van der Waals surface area contributed by atoms with Crippen LogP contribution in [0.1, 0.15) is 30.3 Å². The maximum atomic E-state index is 12.3. The average molecular weight is 280 g/mol. The van der Waals surface area contributed by atoms with Crippen LogP contribution in [0.25, 0.3) is 0 Å². The average Bonchev–Trinajstić information content (AvgIpc) is 2.98. The molecule has 1 saturated heterocycles. The van der Waals surface area contributed by atoms with Crippen LogP contribution >= 0.6 is 11.8 Å². The summed E-state index contributed by atoms with van der Waals surface area (Å²) in [4.78, 5) is 22.6. The predicted molar refractivity (Wildman–Crippen MR) is 78.6 cm³/mol. The summed E-state index contributed by atoms with van der Waals surface area (Å²) in [5, 5.41) is 3.15. The van der Waals surface area contributed by atoms with Crippen LogP contribution in [0.15, 0.2) is 12.4 Å². The third-order valence-electron chi connectivity index (χ3n) is 3.18. The molecule has 1 amide bonds. The van der Waals surface area contributed by atoms with Gasteiger partial charge in [0.25, 0.3) is 5.91 Å². The van der Waals surface area contributed by atoms with E-state index < -0.39 is 0 Å². The Balaban J connectivity index is 2.05. The van der Waals surface area contributed by atoms with Gasteiger partial charge in [0.2, 0.25) is 0 Å². The predicted octanol–water partition coefficient (Wildman–Crippen LogP) is 1.88. The number of hydrogen-bond donors (Lipinski definition) is 1. The molecule has 0 bridgehead atoms. The Hall–Kier alpha value is -1.30. The molecule has 1 aromatic rings. The molecular weight excluding hydrogens is 260 g/mol. The second-order valence-electron chi connectivity index (χ2n) is 4.65. The highest BCUT2D eigenvalue weighted by Gasteiger charge is 2.25. The van der Waals surface area contributed by atoms with Crippen LogP contribution in [0.2, 0.25) is 0 Å². The molecule has 1 atom stereocenters. The van der Waals surface area contributed by atoms with Crippen LogP contribution < -0.4 is 5.32 Å². The van der Waals surface area contributed by atoms with Gasteiger partial charge in [-0.1, -0.05) is 6.92 Å². The molecule has 1 fully saturated rings. The highest BCUT2D eigenvalue weighted by molar-refractivity contribution is 7.99. The van der Waals surface area contributed by atoms with Crippen LogP contribution in [-0.4, -0.2) is 51.9 Å². The van der Waals surface area contributed by atoms with Gasteiger partial charge in [0, 0.05) is 25.4 Å². The number of thioether (sulfide) groups is 1. The van der Waals surface area contributed by atoms with Crippen molar-refractivity contribution in [2.75, 3.05) is 30.4 Å². The molecule has 1 aromatic heterocycles. The summed E-state index contributed by atoms with van der Waals surface area (Å²) >= 11 is 1.90. The number of nitrogens with zero attached hydrogens (tertiary/aromatic N) is 3. The Labute approximate surface area is 118 Å². The number of hydrogen-bond acceptors (Lipinski definition) is 5. The summed E-state index contributed by atoms with van der Waals surface area (Å²) in [7, 11) is 1.85. The molecule has 104 valence electrons. The quantitative estimate of drug-likeness (QED) is 0.892. The molecule has 6 heteroatoms. The molecule has 1 aliphatic heterocycles. The standard InChI is InChI=1S/C13H20N4OS/c1-3-5-15-12-8-14-7-11(16-12)13(18)17(2)10-4-6-19-9-10/h7-8,10H,3-6,9H2,1-2H3,(H,15,16). The highest BCUT2D eigenvalue weighted by Crippen LogP contribution is 2.22. The van der Waals surface area contributed by atoms with Gasteiger partial charge in [-0.2, -0.15) is 11.8 Å². The molecule has 1 unspecified atom stereocenters. The van der Waals surface area contributed by atoms with E-state index in [0.29, 0.717) is 17.6 Å². The van der Waals surface area contributed by atoms with Crippen molar-refractivity contribution < 1.29 is 4.79 Å². The molecule has 2 heterocycles. The number of amides is 1. The monoisotopic (exact) mass is 280 g/mol. The van der Waals surface area contributed by atoms with Crippen molar-refractivity contribution in [1.29, 1.82) is 0 Å². The van der Waals surface area contributed by atoms with E-state index in [2.05, 4.69) is 22.2 Å². The van der Waals surface area contributed by atoms with Crippen LogP contribution in [0, 0.1) is 0 Å². The molecule has 0 saturated carbocycles. The molecule has 0 radical (unpaired) electrons. The topological polar surface area (TPSA) is 58.1 Å². The molecule has 0 aromatic carbocycles. The lowest BCUT2D eigenvalue weighted by atomic mass is 10.2. The van der Waals surface area contributed by atoms with E-state index in [-0.39, 0.29) is 5.91 Å². The summed E-state index contributed by atoms with van der Waals surface area (Å²) in [5.41, 5.74) is 0.417. The maximum absolute atomic E-state index is 12.3. The molecule has 1 N–H and O–H groups in total. The smallest absolute Gasteiger partial charge is 0.274 e. The van der Waals surface area contributed by atoms with Gasteiger partial charge < -0.3 is 10.2 Å². The largest absolute Gasteiger partial charge is 0.369 e. The van der Waals surface area contributed by atoms with Crippen molar-refractivity contribution in [3.05, 3.63) is 18.1 Å². The third kappa shape index (κ3) is 3.59. The van der Waals surface area contributed by atoms with Gasteiger partial charge >= 0.3 is 0 Å². The fourth-order valence-electron chi connectivity index (χ4n) is 1.98. The summed E-state index contributed by atoms with van der Waals surface area (Å²) in [6.45, 7) is 2.92. The number of aromatic nitrogens is 2. The highest BCUT2D eigenvalue weighted by atomic mass is 32.2. The van der Waals surface area contributed by atoms with Crippen molar-refractivity contribution in [3.63, 3.8) is 0 Å². The Morgan fingerprint density at radius 1 is 1.58 bits per heavy atom. The summed E-state index contributed by atoms with van der Waals surface area (Å²) in [6.07, 6.45) is 5.27. The Morgan fingerprint density at radius 3 is 3.11 bits per heavy atom. The minimum Gasteiger partial charge on any atom is -0.369 e. The first kappa shape index (κ1) is 14.1. The first-order valence-electron chi connectivity index (χ1n) is 6.63. The second-order valence-corrected chi connectivity index (χ2v) is 5.80. The third-order valence-corrected chi connectivity index (χ3v) is 4.33. The summed E-state index contributed by atoms with van der Waals surface area (Å²) < 4.78 is 0. The number of carbonyl (C=O) groups is 1. The first-order valence-corrected chi connectivity index (χ1v) is 7.78. The fraction of sp³-hybridized carbons (Fsp3) is 0.615. The van der Waals surface area contributed by atoms with E-state index in [1.54, 1.807) is 11.1 Å². The summed E-state index contributed by atoms with van der Waals surface area (Å²) in [5.74, 6) is 2.78. The summed E-state index contributed by atoms with van der Waals surface area (Å²) in [6, 6.07) is 0.326. The Bertz CT molecular complexity index is 434. The molecule has 19 heavy (non-hydrogen) atoms. The van der Waals surface area contributed by atoms with Gasteiger partial charge in [0.05, 0.1) is 12.4 Å². The van der Waals surface area contributed by atoms with E-state index >= 15 is 0 Å². The molecular formula is C13H20N4OS. The fourth-order valence-corrected chi connectivity index (χ4v) is 3.25. The van der Waals surface area contributed by atoms with Crippen LogP contribution in [-0.2, 0) is 0 Å². The van der Waals surface area contributed by atoms with E-state index in [1.165, 1.54) is 6.20 Å². The van der Waals surface area contributed by atoms with Crippen LogP contribution in [0.4, 0.5) is 5.82 Å². The van der Waals surface area contributed by atoms with Gasteiger partial charge in [-0.05, 0) is 18.6 Å². The van der Waals surface area contributed by atoms with Gasteiger partial charge in [-0.25, -0.2) is 4.98 Å². The van der Waals surface area contributed by atoms with Gasteiger partial charge in [0.1, 0.15) is 11.5 Å². The number of anilines is 1. The van der Waals surface area contributed by atoms with Crippen molar-refractivity contribution in [3.8, 4) is 0 Å². The van der Waals surface area contributed by atoms with Crippen molar-refractivity contribution in [2.24, 2.45) is 0 Å². The van der Waals surface area contributed by atoms with Crippen LogP contribution in [0.3, 0.4) is 0 Å². The van der Waals surface area contributed by atoms with Gasteiger partial charge in [0.15, 0.2) is 0 Å². The lowest BCUT2D eigenvalue weighted by molar-refractivity contribution is 0.0741. The molecule has 1 aliphatic rings. The van der Waals surface area contributed by atoms with E-state index in [1.807, 2.05) is 18.8 Å². The number of carbonyl (C=O) groups excluding carboxylic acids is 1. The van der Waals surface area contributed by atoms with E-state index in [4.69, 9.17) is 0 Å². The zero-order chi connectivity index (χ0) is 13.7. The normalized spacial score (nSPS) is 18.3. The van der Waals surface area contributed by atoms with E-state index in [9.17, 15) is 4.79 Å². The Morgan fingerprint density at radius 2 is 2.42 bits per heavy atom. The van der Waals surface area contributed by atoms with Crippen LogP contribution in [0.5, 0.6) is 0 Å². The van der Waals surface area contributed by atoms with Crippen molar-refractivity contribution in [1.82, 2.24) is 14.9 Å². The van der Waals surface area contributed by atoms with E-state index in [0.717, 1.165) is 30.9 Å². The first-order chi connectivity index (χ1) is 9.22. The Kier molecular flexibility index (Phi) is 5.01. The number of rotatable bonds is 5. The molecule has 0 spiro atoms. The maximum Gasteiger partial charge on any atom is 0.274 e. The van der Waals surface area contributed by atoms with Gasteiger partial charge in [-0.15, -0.1) is 0 Å².